The van der Waals surface area contributed by atoms with E-state index < -0.39 is 23.6 Å². The van der Waals surface area contributed by atoms with Crippen molar-refractivity contribution in [2.45, 2.75) is 45.4 Å². The summed E-state index contributed by atoms with van der Waals surface area (Å²) in [6.45, 7) is 5.57. The summed E-state index contributed by atoms with van der Waals surface area (Å²) < 4.78 is 7.05. The highest BCUT2D eigenvalue weighted by molar-refractivity contribution is 6.42. The van der Waals surface area contributed by atoms with Crippen LogP contribution in [0.4, 0.5) is 4.79 Å². The summed E-state index contributed by atoms with van der Waals surface area (Å²) >= 11 is 12.1. The Balaban J connectivity index is 2.11. The van der Waals surface area contributed by atoms with E-state index in [1.165, 1.54) is 4.90 Å². The Morgan fingerprint density at radius 1 is 1.30 bits per heavy atom. The fourth-order valence-electron chi connectivity index (χ4n) is 3.36. The van der Waals surface area contributed by atoms with Crippen LogP contribution in [0, 0.1) is 0 Å². The maximum atomic E-state index is 12.7. The number of aromatic nitrogens is 2. The normalized spacial score (nSPS) is 16.2. The van der Waals surface area contributed by atoms with Gasteiger partial charge in [0, 0.05) is 18.5 Å². The average Bonchev–Trinajstić information content (AvgIpc) is 3.02. The van der Waals surface area contributed by atoms with E-state index in [9.17, 15) is 14.4 Å². The van der Waals surface area contributed by atoms with Gasteiger partial charge in [-0.2, -0.15) is 5.10 Å². The number of hydrogen-bond acceptors (Lipinski definition) is 5. The molecule has 0 saturated carbocycles. The van der Waals surface area contributed by atoms with Crippen molar-refractivity contribution in [2.75, 3.05) is 6.54 Å². The topological polar surface area (TPSA) is 108 Å². The Labute approximate surface area is 183 Å². The molecule has 10 heteroatoms. The molecule has 0 aliphatic carbocycles. The molecule has 3 rings (SSSR count). The molecule has 0 saturated heterocycles. The van der Waals surface area contributed by atoms with Gasteiger partial charge < -0.3 is 20.2 Å². The van der Waals surface area contributed by atoms with Gasteiger partial charge in [-0.15, -0.1) is 0 Å². The number of ether oxygens (including phenoxy) is 1. The molecular weight excluding hydrogens is 431 g/mol. The van der Waals surface area contributed by atoms with E-state index in [4.69, 9.17) is 33.7 Å². The predicted molar refractivity (Wildman–Crippen MR) is 113 cm³/mol. The molecule has 2 N–H and O–H groups in total. The molecular formula is C20H22Cl2N4O4. The van der Waals surface area contributed by atoms with E-state index in [0.29, 0.717) is 27.0 Å². The maximum absolute atomic E-state index is 12.7. The highest BCUT2D eigenvalue weighted by Crippen LogP contribution is 2.35. The summed E-state index contributed by atoms with van der Waals surface area (Å²) in [4.78, 5) is 37.7. The fraction of sp³-hybridized carbons (Fsp3) is 0.400. The molecule has 2 aromatic rings. The maximum Gasteiger partial charge on any atom is 0.410 e. The summed E-state index contributed by atoms with van der Waals surface area (Å²) in [6.07, 6.45) is 0.308. The standard InChI is InChI=1S/C20H22Cl2N4O4/c1-20(2,3)30-19(29)25-9-12(6-7-27)26-15(10-25)16(18(23)28)17(24-26)11-4-5-13(21)14(22)8-11/h4-5,7-8,12H,6,9-10H2,1-3H3,(H2,23,28). The molecule has 160 valence electrons. The first kappa shape index (κ1) is 22.1. The average molecular weight is 453 g/mol. The second kappa shape index (κ2) is 8.28. The predicted octanol–water partition coefficient (Wildman–Crippen LogP) is 3.84. The first-order valence-electron chi connectivity index (χ1n) is 9.30. The minimum atomic E-state index is -0.701. The molecule has 1 aliphatic heterocycles. The van der Waals surface area contributed by atoms with Gasteiger partial charge in [0.2, 0.25) is 0 Å². The second-order valence-electron chi connectivity index (χ2n) is 8.03. The van der Waals surface area contributed by atoms with Gasteiger partial charge in [0.25, 0.3) is 5.91 Å². The van der Waals surface area contributed by atoms with Gasteiger partial charge in [0.1, 0.15) is 17.6 Å². The van der Waals surface area contributed by atoms with E-state index in [1.807, 2.05) is 0 Å². The zero-order valence-corrected chi connectivity index (χ0v) is 18.3. The molecule has 0 bridgehead atoms. The number of rotatable bonds is 4. The van der Waals surface area contributed by atoms with Gasteiger partial charge in [-0.1, -0.05) is 29.3 Å². The molecule has 0 spiro atoms. The fourth-order valence-corrected chi connectivity index (χ4v) is 3.65. The lowest BCUT2D eigenvalue weighted by atomic mass is 10.0. The van der Waals surface area contributed by atoms with Gasteiger partial charge in [-0.25, -0.2) is 4.79 Å². The van der Waals surface area contributed by atoms with Crippen LogP contribution in [-0.4, -0.2) is 45.1 Å². The summed E-state index contributed by atoms with van der Waals surface area (Å²) in [5.74, 6) is -0.701. The van der Waals surface area contributed by atoms with Gasteiger partial charge in [-0.3, -0.25) is 9.48 Å². The van der Waals surface area contributed by atoms with Crippen LogP contribution >= 0.6 is 23.2 Å². The molecule has 1 aliphatic rings. The number of benzene rings is 1. The Morgan fingerprint density at radius 2 is 2.00 bits per heavy atom. The zero-order valence-electron chi connectivity index (χ0n) is 16.8. The molecule has 1 aromatic carbocycles. The summed E-state index contributed by atoms with van der Waals surface area (Å²) in [5.41, 5.74) is 6.46. The van der Waals surface area contributed by atoms with Gasteiger partial charge >= 0.3 is 6.09 Å². The Kier molecular flexibility index (Phi) is 6.10. The number of primary amides is 1. The number of carbonyl (C=O) groups is 3. The number of halogens is 2. The third-order valence-corrected chi connectivity index (χ3v) is 5.33. The molecule has 1 aromatic heterocycles. The second-order valence-corrected chi connectivity index (χ2v) is 8.84. The minimum absolute atomic E-state index is 0.0663. The van der Waals surface area contributed by atoms with E-state index in [0.717, 1.165) is 6.29 Å². The van der Waals surface area contributed by atoms with Crippen LogP contribution < -0.4 is 5.73 Å². The number of carbonyl (C=O) groups excluding carboxylic acids is 3. The third kappa shape index (κ3) is 4.44. The first-order chi connectivity index (χ1) is 14.0. The van der Waals surface area contributed by atoms with Crippen molar-refractivity contribution in [1.29, 1.82) is 0 Å². The van der Waals surface area contributed by atoms with Crippen molar-refractivity contribution >= 4 is 41.5 Å². The lowest BCUT2D eigenvalue weighted by molar-refractivity contribution is -0.108. The van der Waals surface area contributed by atoms with Crippen LogP contribution in [0.1, 0.15) is 49.3 Å². The van der Waals surface area contributed by atoms with Crippen LogP contribution in [0.5, 0.6) is 0 Å². The SMILES string of the molecule is CC(C)(C)OC(=O)N1Cc2c(C(N)=O)c(-c3ccc(Cl)c(Cl)c3)nn2C(CC=O)C1. The van der Waals surface area contributed by atoms with Gasteiger partial charge in [-0.05, 0) is 32.9 Å². The third-order valence-electron chi connectivity index (χ3n) is 4.59. The summed E-state index contributed by atoms with van der Waals surface area (Å²) in [5, 5.41) is 5.22. The Hall–Kier alpha value is -2.58. The molecule has 1 atom stereocenters. The smallest absolute Gasteiger partial charge is 0.410 e. The lowest BCUT2D eigenvalue weighted by Crippen LogP contribution is -2.44. The molecule has 0 fully saturated rings. The van der Waals surface area contributed by atoms with E-state index in [1.54, 1.807) is 43.7 Å². The van der Waals surface area contributed by atoms with Crippen molar-refractivity contribution in [2.24, 2.45) is 5.73 Å². The monoisotopic (exact) mass is 452 g/mol. The number of nitrogens with two attached hydrogens (primary N) is 1. The highest BCUT2D eigenvalue weighted by Gasteiger charge is 2.36. The van der Waals surface area contributed by atoms with Crippen LogP contribution in [0.25, 0.3) is 11.3 Å². The van der Waals surface area contributed by atoms with Gasteiger partial charge in [0.15, 0.2) is 0 Å². The lowest BCUT2D eigenvalue weighted by Gasteiger charge is -2.34. The van der Waals surface area contributed by atoms with Gasteiger partial charge in [0.05, 0.1) is 33.9 Å². The zero-order chi connectivity index (χ0) is 22.2. The minimum Gasteiger partial charge on any atom is -0.444 e. The molecule has 8 nitrogen and oxygen atoms in total. The van der Waals surface area contributed by atoms with Crippen LogP contribution in [-0.2, 0) is 16.1 Å². The Bertz CT molecular complexity index is 1010. The molecule has 0 radical (unpaired) electrons. The largest absolute Gasteiger partial charge is 0.444 e. The molecule has 30 heavy (non-hydrogen) atoms. The number of nitrogens with zero attached hydrogens (tertiary/aromatic N) is 3. The molecule has 1 unspecified atom stereocenters. The quantitative estimate of drug-likeness (QED) is 0.708. The van der Waals surface area contributed by atoms with Crippen LogP contribution in [0.3, 0.4) is 0 Å². The first-order valence-corrected chi connectivity index (χ1v) is 10.1. The molecule has 2 heterocycles. The number of aldehydes is 1. The van der Waals surface area contributed by atoms with Crippen molar-refractivity contribution in [1.82, 2.24) is 14.7 Å². The number of fused-ring (bicyclic) bond motifs is 1. The highest BCUT2D eigenvalue weighted by atomic mass is 35.5. The van der Waals surface area contributed by atoms with Crippen molar-refractivity contribution < 1.29 is 19.1 Å². The van der Waals surface area contributed by atoms with E-state index >= 15 is 0 Å². The number of amides is 2. The van der Waals surface area contributed by atoms with Crippen molar-refractivity contribution in [3.8, 4) is 11.3 Å². The number of hydrogen-bond donors (Lipinski definition) is 1. The summed E-state index contributed by atoms with van der Waals surface area (Å²) in [6, 6.07) is 4.40. The van der Waals surface area contributed by atoms with Crippen LogP contribution in [0.2, 0.25) is 10.0 Å². The van der Waals surface area contributed by atoms with E-state index in [2.05, 4.69) is 5.10 Å². The molecule has 2 amide bonds. The Morgan fingerprint density at radius 3 is 2.57 bits per heavy atom. The van der Waals surface area contributed by atoms with Crippen molar-refractivity contribution in [3.05, 3.63) is 39.5 Å². The van der Waals surface area contributed by atoms with Crippen LogP contribution in [0.15, 0.2) is 18.2 Å². The van der Waals surface area contributed by atoms with E-state index in [-0.39, 0.29) is 25.1 Å². The summed E-state index contributed by atoms with van der Waals surface area (Å²) in [7, 11) is 0. The van der Waals surface area contributed by atoms with Crippen molar-refractivity contribution in [3.63, 3.8) is 0 Å².